The van der Waals surface area contributed by atoms with E-state index in [1.807, 2.05) is 18.2 Å². The second-order valence-electron chi connectivity index (χ2n) is 7.06. The van der Waals surface area contributed by atoms with Gasteiger partial charge in [0.1, 0.15) is 16.4 Å². The van der Waals surface area contributed by atoms with E-state index in [4.69, 9.17) is 4.74 Å². The van der Waals surface area contributed by atoms with Crippen LogP contribution in [0, 0.1) is 0 Å². The van der Waals surface area contributed by atoms with Crippen molar-refractivity contribution in [3.05, 3.63) is 48.0 Å². The molecule has 0 unspecified atom stereocenters. The van der Waals surface area contributed by atoms with Gasteiger partial charge in [-0.05, 0) is 42.7 Å². The Morgan fingerprint density at radius 2 is 1.59 bits per heavy atom. The van der Waals surface area contributed by atoms with Crippen molar-refractivity contribution in [2.75, 3.05) is 0 Å². The summed E-state index contributed by atoms with van der Waals surface area (Å²) in [5.41, 5.74) is 1.11. The van der Waals surface area contributed by atoms with E-state index in [9.17, 15) is 18.1 Å². The van der Waals surface area contributed by atoms with Crippen LogP contribution < -0.4 is 61.2 Å². The van der Waals surface area contributed by atoms with E-state index in [1.54, 1.807) is 6.07 Å². The Morgan fingerprint density at radius 3 is 2.24 bits per heavy atom. The van der Waals surface area contributed by atoms with Crippen molar-refractivity contribution in [2.45, 2.75) is 69.6 Å². The maximum Gasteiger partial charge on any atom is 1.00 e. The third-order valence-corrected chi connectivity index (χ3v) is 5.51. The number of aryl methyl sites for hydroxylation is 1. The molecule has 1 N–H and O–H groups in total. The van der Waals surface area contributed by atoms with Crippen LogP contribution in [-0.4, -0.2) is 13.0 Å². The van der Waals surface area contributed by atoms with Crippen LogP contribution in [0.5, 0.6) is 17.2 Å². The van der Waals surface area contributed by atoms with Crippen molar-refractivity contribution in [1.29, 1.82) is 0 Å². The topological polar surface area (TPSA) is 86.7 Å². The van der Waals surface area contributed by atoms with Crippen molar-refractivity contribution >= 4 is 10.1 Å². The molecule has 0 heterocycles. The summed E-state index contributed by atoms with van der Waals surface area (Å²) in [6.07, 6.45) is 11.0. The van der Waals surface area contributed by atoms with Gasteiger partial charge in [0.2, 0.25) is 0 Å². The maximum absolute atomic E-state index is 11.5. The molecule has 0 amide bonds. The second-order valence-corrected chi connectivity index (χ2v) is 8.45. The average Bonchev–Trinajstić information content (AvgIpc) is 2.65. The average molecular weight is 445 g/mol. The van der Waals surface area contributed by atoms with E-state index in [1.165, 1.54) is 57.1 Å². The van der Waals surface area contributed by atoms with Crippen LogP contribution >= 0.6 is 0 Å². The van der Waals surface area contributed by atoms with Gasteiger partial charge >= 0.3 is 51.4 Å². The minimum atomic E-state index is -4.54. The summed E-state index contributed by atoms with van der Waals surface area (Å²) in [6, 6.07) is 10.8. The molecule has 0 aliphatic carbocycles. The van der Waals surface area contributed by atoms with Crippen molar-refractivity contribution in [3.8, 4) is 17.2 Å². The summed E-state index contributed by atoms with van der Waals surface area (Å²) >= 11 is 0. The molecule has 0 aliphatic rings. The number of hydrogen-bond donors (Lipinski definition) is 1. The molecular formula is C22H29KO5S. The van der Waals surface area contributed by atoms with Gasteiger partial charge in [-0.3, -0.25) is 4.55 Å². The van der Waals surface area contributed by atoms with Gasteiger partial charge < -0.3 is 9.84 Å². The molecule has 0 aromatic heterocycles. The second kappa shape index (κ2) is 13.8. The van der Waals surface area contributed by atoms with Gasteiger partial charge in [-0.25, -0.2) is 0 Å². The quantitative estimate of drug-likeness (QED) is 0.309. The summed E-state index contributed by atoms with van der Waals surface area (Å²) in [5, 5.41) is 11.4. The van der Waals surface area contributed by atoms with Crippen LogP contribution in [0.25, 0.3) is 0 Å². The van der Waals surface area contributed by atoms with Crippen LogP contribution in [0.2, 0.25) is 0 Å². The first-order valence-electron chi connectivity index (χ1n) is 9.95. The Bertz CT molecular complexity index is 852. The van der Waals surface area contributed by atoms with Gasteiger partial charge in [0.05, 0.1) is 0 Å². The maximum atomic E-state index is 11.5. The minimum absolute atomic E-state index is 0. The Hall–Kier alpha value is -0.414. The molecule has 0 saturated carbocycles. The fourth-order valence-electron chi connectivity index (χ4n) is 3.13. The van der Waals surface area contributed by atoms with Crippen LogP contribution in [-0.2, 0) is 16.5 Å². The van der Waals surface area contributed by atoms with Crippen LogP contribution in [0.3, 0.4) is 0 Å². The Balaban J connectivity index is 0.00000420. The standard InChI is InChI=1S/C22H30O5S.K/c1-2-3-4-5-6-7-8-9-11-18-12-10-13-20(16-18)27-21-15-14-19(23)17-22(21)28(24,25)26;/h10,12-17,23H,2-9,11H2,1H3,(H,24,25,26);/q;+1/p-1. The molecule has 7 heteroatoms. The number of hydrogen-bond acceptors (Lipinski definition) is 4. The van der Waals surface area contributed by atoms with Crippen molar-refractivity contribution in [3.63, 3.8) is 0 Å². The fourth-order valence-corrected chi connectivity index (χ4v) is 3.76. The summed E-state index contributed by atoms with van der Waals surface area (Å²) < 4.78 is 37.9. The van der Waals surface area contributed by atoms with Crippen LogP contribution in [0.1, 0.15) is 63.9 Å². The van der Waals surface area contributed by atoms with Crippen molar-refractivity contribution in [1.82, 2.24) is 0 Å². The van der Waals surface area contributed by atoms with Gasteiger partial charge in [0, 0.05) is 0 Å². The molecule has 0 fully saturated rings. The first kappa shape index (κ1) is 26.6. The molecule has 0 radical (unpaired) electrons. The molecule has 2 aromatic rings. The molecule has 0 saturated heterocycles. The van der Waals surface area contributed by atoms with Crippen LogP contribution in [0.4, 0.5) is 0 Å². The van der Waals surface area contributed by atoms with E-state index in [2.05, 4.69) is 6.92 Å². The zero-order valence-corrected chi connectivity index (χ0v) is 21.3. The predicted molar refractivity (Wildman–Crippen MR) is 109 cm³/mol. The molecule has 2 rings (SSSR count). The monoisotopic (exact) mass is 444 g/mol. The number of benzene rings is 2. The van der Waals surface area contributed by atoms with E-state index in [0.29, 0.717) is 5.75 Å². The normalized spacial score (nSPS) is 11.1. The molecule has 154 valence electrons. The van der Waals surface area contributed by atoms with Gasteiger partial charge in [0.25, 0.3) is 10.1 Å². The first-order chi connectivity index (χ1) is 13.4. The molecule has 0 bridgehead atoms. The Kier molecular flexibility index (Phi) is 12.7. The fraction of sp³-hybridized carbons (Fsp3) is 0.455. The van der Waals surface area contributed by atoms with Crippen LogP contribution in [0.15, 0.2) is 47.4 Å². The Morgan fingerprint density at radius 1 is 0.931 bits per heavy atom. The first-order valence-corrected chi connectivity index (χ1v) is 11.4. The number of ether oxygens (including phenoxy) is 1. The zero-order chi connectivity index (χ0) is 20.4. The molecule has 0 aliphatic heterocycles. The van der Waals surface area contributed by atoms with E-state index in [-0.39, 0.29) is 57.1 Å². The number of unbranched alkanes of at least 4 members (excludes halogenated alkanes) is 7. The third kappa shape index (κ3) is 9.96. The van der Waals surface area contributed by atoms with E-state index < -0.39 is 20.8 Å². The smallest absolute Gasteiger partial charge is 0.872 e. The minimum Gasteiger partial charge on any atom is -0.872 e. The molecule has 5 nitrogen and oxygen atoms in total. The van der Waals surface area contributed by atoms with Crippen molar-refractivity contribution in [2.24, 2.45) is 0 Å². The summed E-state index contributed by atoms with van der Waals surface area (Å²) in [7, 11) is -4.54. The Labute approximate surface area is 217 Å². The summed E-state index contributed by atoms with van der Waals surface area (Å²) in [6.45, 7) is 2.22. The zero-order valence-electron chi connectivity index (χ0n) is 17.4. The summed E-state index contributed by atoms with van der Waals surface area (Å²) in [5.74, 6) is -0.102. The van der Waals surface area contributed by atoms with Gasteiger partial charge in [-0.2, -0.15) is 8.42 Å². The predicted octanol–water partition coefficient (Wildman–Crippen LogP) is 2.49. The van der Waals surface area contributed by atoms with Crippen molar-refractivity contribution < 1.29 is 74.2 Å². The molecule has 29 heavy (non-hydrogen) atoms. The molecule has 0 atom stereocenters. The SMILES string of the molecule is CCCCCCCCCCc1cccc(Oc2ccc([O-])cc2S(=O)(=O)O)c1.[K+]. The molecule has 0 spiro atoms. The molecule has 2 aromatic carbocycles. The van der Waals surface area contributed by atoms with Gasteiger partial charge in [-0.1, -0.05) is 70.1 Å². The van der Waals surface area contributed by atoms with E-state index >= 15 is 0 Å². The summed E-state index contributed by atoms with van der Waals surface area (Å²) in [4.78, 5) is -0.520. The third-order valence-electron chi connectivity index (χ3n) is 4.64. The van der Waals surface area contributed by atoms with Gasteiger partial charge in [0.15, 0.2) is 0 Å². The molecular weight excluding hydrogens is 415 g/mol. The van der Waals surface area contributed by atoms with Gasteiger partial charge in [-0.15, -0.1) is 5.75 Å². The largest absolute Gasteiger partial charge is 1.00 e. The number of rotatable bonds is 12. The van der Waals surface area contributed by atoms with E-state index in [0.717, 1.165) is 24.5 Å².